The summed E-state index contributed by atoms with van der Waals surface area (Å²) in [7, 11) is 0. The Morgan fingerprint density at radius 3 is 2.79 bits per heavy atom. The summed E-state index contributed by atoms with van der Waals surface area (Å²) < 4.78 is 0.545. The zero-order chi connectivity index (χ0) is 14.0. The molecule has 7 heteroatoms. The lowest BCUT2D eigenvalue weighted by atomic mass is 10.3. The average Bonchev–Trinajstić information content (AvgIpc) is 2.73. The Bertz CT molecular complexity index is 613. The highest BCUT2D eigenvalue weighted by Gasteiger charge is 2.21. The molecule has 0 aliphatic carbocycles. The first-order valence-corrected chi connectivity index (χ1v) is 7.38. The molecule has 1 heterocycles. The van der Waals surface area contributed by atoms with Gasteiger partial charge in [0.2, 0.25) is 0 Å². The van der Waals surface area contributed by atoms with Crippen LogP contribution in [0.5, 0.6) is 0 Å². The number of nitro groups is 1. The minimum Gasteiger partial charge on any atom is -0.388 e. The minimum atomic E-state index is -0.711. The maximum absolute atomic E-state index is 11.0. The molecule has 2 aromatic rings. The van der Waals surface area contributed by atoms with E-state index in [0.717, 1.165) is 4.90 Å². The van der Waals surface area contributed by atoms with Gasteiger partial charge in [-0.25, -0.2) is 0 Å². The van der Waals surface area contributed by atoms with Crippen molar-refractivity contribution in [1.82, 2.24) is 0 Å². The van der Waals surface area contributed by atoms with Crippen molar-refractivity contribution in [2.45, 2.75) is 22.1 Å². The maximum atomic E-state index is 11.0. The summed E-state index contributed by atoms with van der Waals surface area (Å²) in [6.07, 6.45) is -0.711. The van der Waals surface area contributed by atoms with Gasteiger partial charge in [0.1, 0.15) is 4.21 Å². The Morgan fingerprint density at radius 2 is 2.21 bits per heavy atom. The van der Waals surface area contributed by atoms with Gasteiger partial charge in [-0.05, 0) is 25.1 Å². The summed E-state index contributed by atoms with van der Waals surface area (Å²) in [5, 5.41) is 21.1. The molecule has 1 aromatic carbocycles. The van der Waals surface area contributed by atoms with Gasteiger partial charge in [0.25, 0.3) is 5.69 Å². The summed E-state index contributed by atoms with van der Waals surface area (Å²) in [6, 6.07) is 8.54. The van der Waals surface area contributed by atoms with Crippen molar-refractivity contribution in [3.8, 4) is 0 Å². The molecule has 0 spiro atoms. The molecule has 1 unspecified atom stereocenters. The number of rotatable bonds is 4. The number of thiophene rings is 1. The van der Waals surface area contributed by atoms with Crippen LogP contribution < -0.4 is 0 Å². The van der Waals surface area contributed by atoms with Crippen LogP contribution in [0.4, 0.5) is 5.69 Å². The Morgan fingerprint density at radius 1 is 1.47 bits per heavy atom. The number of nitrogens with zero attached hydrogens (tertiary/aromatic N) is 1. The summed E-state index contributed by atoms with van der Waals surface area (Å²) >= 11 is 8.39. The van der Waals surface area contributed by atoms with Crippen LogP contribution in [-0.2, 0) is 0 Å². The highest BCUT2D eigenvalue weighted by Crippen LogP contribution is 2.43. The van der Waals surface area contributed by atoms with E-state index in [2.05, 4.69) is 0 Å². The summed E-state index contributed by atoms with van der Waals surface area (Å²) in [6.45, 7) is 1.59. The Balaban J connectivity index is 2.36. The van der Waals surface area contributed by atoms with Gasteiger partial charge in [-0.2, -0.15) is 0 Å². The number of hydrogen-bond acceptors (Lipinski definition) is 5. The largest absolute Gasteiger partial charge is 0.388 e. The zero-order valence-electron chi connectivity index (χ0n) is 9.87. The molecule has 0 saturated heterocycles. The Kier molecular flexibility index (Phi) is 4.46. The molecule has 0 saturated carbocycles. The zero-order valence-corrected chi connectivity index (χ0v) is 12.3. The summed E-state index contributed by atoms with van der Waals surface area (Å²) in [4.78, 5) is 12.0. The van der Waals surface area contributed by atoms with Crippen molar-refractivity contribution in [3.05, 3.63) is 50.3 Å². The quantitative estimate of drug-likeness (QED) is 0.665. The van der Waals surface area contributed by atoms with Gasteiger partial charge in [0.15, 0.2) is 0 Å². The van der Waals surface area contributed by atoms with E-state index in [0.29, 0.717) is 14.1 Å². The average molecular weight is 316 g/mol. The lowest BCUT2D eigenvalue weighted by Gasteiger charge is -1.99. The number of aliphatic hydroxyl groups excluding tert-OH is 1. The maximum Gasteiger partial charge on any atom is 0.294 e. The normalized spacial score (nSPS) is 12.4. The molecule has 0 amide bonds. The van der Waals surface area contributed by atoms with E-state index in [1.807, 2.05) is 6.07 Å². The van der Waals surface area contributed by atoms with Gasteiger partial charge in [0.05, 0.1) is 11.0 Å². The van der Waals surface area contributed by atoms with Crippen molar-refractivity contribution in [1.29, 1.82) is 0 Å². The van der Waals surface area contributed by atoms with E-state index in [4.69, 9.17) is 11.6 Å². The molecule has 0 radical (unpaired) electrons. The van der Waals surface area contributed by atoms with Crippen LogP contribution in [0.2, 0.25) is 5.02 Å². The minimum absolute atomic E-state index is 0.0193. The second-order valence-electron chi connectivity index (χ2n) is 3.81. The first-order chi connectivity index (χ1) is 8.97. The molecule has 0 bridgehead atoms. The first-order valence-electron chi connectivity index (χ1n) is 5.37. The van der Waals surface area contributed by atoms with Crippen LogP contribution in [0.15, 0.2) is 39.4 Å². The molecule has 0 aliphatic heterocycles. The molecule has 100 valence electrons. The predicted octanol–water partition coefficient (Wildman–Crippen LogP) is 4.51. The van der Waals surface area contributed by atoms with Crippen LogP contribution in [-0.4, -0.2) is 10.0 Å². The van der Waals surface area contributed by atoms with Gasteiger partial charge in [-0.15, -0.1) is 11.3 Å². The van der Waals surface area contributed by atoms with Gasteiger partial charge < -0.3 is 5.11 Å². The molecule has 1 N–H and O–H groups in total. The van der Waals surface area contributed by atoms with Crippen LogP contribution in [0.3, 0.4) is 0 Å². The first kappa shape index (κ1) is 14.3. The topological polar surface area (TPSA) is 63.4 Å². The molecule has 2 rings (SSSR count). The van der Waals surface area contributed by atoms with E-state index in [-0.39, 0.29) is 5.69 Å². The van der Waals surface area contributed by atoms with Crippen molar-refractivity contribution < 1.29 is 10.0 Å². The van der Waals surface area contributed by atoms with Crippen molar-refractivity contribution in [3.63, 3.8) is 0 Å². The third kappa shape index (κ3) is 3.48. The van der Waals surface area contributed by atoms with Crippen LogP contribution in [0.1, 0.15) is 17.9 Å². The van der Waals surface area contributed by atoms with Gasteiger partial charge >= 0.3 is 0 Å². The monoisotopic (exact) mass is 315 g/mol. The fraction of sp³-hybridized carbons (Fsp3) is 0.167. The standard InChI is InChI=1S/C12H10ClNO3S2/c1-7(15)11-6-10(14(16)17)12(19-11)18-9-4-2-3-8(13)5-9/h2-7,15H,1H3. The number of halogens is 1. The number of aliphatic hydroxyl groups is 1. The fourth-order valence-corrected chi connectivity index (χ4v) is 4.00. The number of hydrogen-bond donors (Lipinski definition) is 1. The molecule has 1 atom stereocenters. The highest BCUT2D eigenvalue weighted by atomic mass is 35.5. The molecular weight excluding hydrogens is 306 g/mol. The van der Waals surface area contributed by atoms with Crippen molar-refractivity contribution >= 4 is 40.4 Å². The lowest BCUT2D eigenvalue weighted by molar-refractivity contribution is -0.387. The third-order valence-corrected chi connectivity index (χ3v) is 5.02. The fourth-order valence-electron chi connectivity index (χ4n) is 1.43. The summed E-state index contributed by atoms with van der Waals surface area (Å²) in [5.74, 6) is 0. The smallest absolute Gasteiger partial charge is 0.294 e. The molecule has 0 aliphatic rings. The van der Waals surface area contributed by atoms with Gasteiger partial charge in [-0.1, -0.05) is 29.4 Å². The van der Waals surface area contributed by atoms with Crippen molar-refractivity contribution in [2.24, 2.45) is 0 Å². The van der Waals surface area contributed by atoms with Crippen LogP contribution in [0.25, 0.3) is 0 Å². The van der Waals surface area contributed by atoms with E-state index < -0.39 is 11.0 Å². The molecular formula is C12H10ClNO3S2. The molecule has 1 aromatic heterocycles. The summed E-state index contributed by atoms with van der Waals surface area (Å²) in [5.41, 5.74) is 0.0193. The Hall–Kier alpha value is -1.08. The molecule has 4 nitrogen and oxygen atoms in total. The second-order valence-corrected chi connectivity index (χ2v) is 6.68. The van der Waals surface area contributed by atoms with E-state index >= 15 is 0 Å². The van der Waals surface area contributed by atoms with E-state index in [9.17, 15) is 15.2 Å². The van der Waals surface area contributed by atoms with Crippen LogP contribution in [0, 0.1) is 10.1 Å². The van der Waals surface area contributed by atoms with Crippen LogP contribution >= 0.6 is 34.7 Å². The lowest BCUT2D eigenvalue weighted by Crippen LogP contribution is -1.87. The van der Waals surface area contributed by atoms with E-state index in [1.54, 1.807) is 25.1 Å². The Labute approximate surface area is 123 Å². The predicted molar refractivity (Wildman–Crippen MR) is 77.2 cm³/mol. The molecule has 0 fully saturated rings. The number of benzene rings is 1. The molecule has 19 heavy (non-hydrogen) atoms. The highest BCUT2D eigenvalue weighted by molar-refractivity contribution is 8.01. The third-order valence-electron chi connectivity index (χ3n) is 2.31. The van der Waals surface area contributed by atoms with Gasteiger partial charge in [-0.3, -0.25) is 10.1 Å². The second kappa shape index (κ2) is 5.92. The van der Waals surface area contributed by atoms with E-state index in [1.165, 1.54) is 29.2 Å². The van der Waals surface area contributed by atoms with Crippen molar-refractivity contribution in [2.75, 3.05) is 0 Å². The van der Waals surface area contributed by atoms with Gasteiger partial charge in [0, 0.05) is 20.9 Å². The SMILES string of the molecule is CC(O)c1cc([N+](=O)[O-])c(Sc2cccc(Cl)c2)s1.